The summed E-state index contributed by atoms with van der Waals surface area (Å²) in [6.07, 6.45) is 2.47. The van der Waals surface area contributed by atoms with E-state index in [9.17, 15) is 0 Å². The number of hydrogen-bond donors (Lipinski definition) is 1. The van der Waals surface area contributed by atoms with E-state index in [1.54, 1.807) is 0 Å². The van der Waals surface area contributed by atoms with Gasteiger partial charge in [-0.2, -0.15) is 0 Å². The normalized spacial score (nSPS) is 23.9. The van der Waals surface area contributed by atoms with Crippen LogP contribution in [0.15, 0.2) is 22.7 Å². The van der Waals surface area contributed by atoms with Crippen molar-refractivity contribution in [3.05, 3.63) is 33.3 Å². The molecule has 2 atom stereocenters. The topological polar surface area (TPSA) is 21.3 Å². The molecule has 1 heterocycles. The number of halogens is 2. The van der Waals surface area contributed by atoms with Crippen LogP contribution in [0.5, 0.6) is 0 Å². The van der Waals surface area contributed by atoms with Gasteiger partial charge in [-0.15, -0.1) is 0 Å². The quantitative estimate of drug-likeness (QED) is 0.822. The molecule has 20 heavy (non-hydrogen) atoms. The Bertz CT molecular complexity index is 458. The molecule has 1 saturated heterocycles. The second kappa shape index (κ2) is 6.78. The number of nitrogens with one attached hydrogen (secondary N) is 1. The minimum absolute atomic E-state index is 0.138. The van der Waals surface area contributed by atoms with Gasteiger partial charge >= 0.3 is 0 Å². The number of hydrogen-bond acceptors (Lipinski definition) is 2. The van der Waals surface area contributed by atoms with E-state index in [2.05, 4.69) is 48.1 Å². The molecule has 0 aromatic heterocycles. The van der Waals surface area contributed by atoms with Gasteiger partial charge in [-0.25, -0.2) is 0 Å². The molecule has 1 aromatic carbocycles. The van der Waals surface area contributed by atoms with Gasteiger partial charge in [0.2, 0.25) is 0 Å². The van der Waals surface area contributed by atoms with Gasteiger partial charge in [0.05, 0.1) is 11.1 Å². The largest absolute Gasteiger partial charge is 0.373 e. The lowest BCUT2D eigenvalue weighted by Gasteiger charge is -2.34. The van der Waals surface area contributed by atoms with E-state index in [1.165, 1.54) is 12.0 Å². The molecule has 0 aliphatic carbocycles. The maximum absolute atomic E-state index is 6.21. The molecule has 0 saturated carbocycles. The number of rotatable bonds is 3. The SMILES string of the molecule is CC(C)(C)NCC1CCCOC1c1ccc(Br)c(Cl)c1. The van der Waals surface area contributed by atoms with Gasteiger partial charge in [-0.05, 0) is 67.2 Å². The highest BCUT2D eigenvalue weighted by atomic mass is 79.9. The number of benzene rings is 1. The molecule has 4 heteroatoms. The first kappa shape index (κ1) is 16.3. The van der Waals surface area contributed by atoms with Crippen molar-refractivity contribution in [3.8, 4) is 0 Å². The third-order valence-electron chi connectivity index (χ3n) is 3.61. The third-order valence-corrected chi connectivity index (χ3v) is 4.84. The number of ether oxygens (including phenoxy) is 1. The van der Waals surface area contributed by atoms with E-state index in [1.807, 2.05) is 12.1 Å². The summed E-state index contributed by atoms with van der Waals surface area (Å²) in [5, 5.41) is 4.34. The highest BCUT2D eigenvalue weighted by Crippen LogP contribution is 2.36. The van der Waals surface area contributed by atoms with E-state index in [0.29, 0.717) is 5.92 Å². The van der Waals surface area contributed by atoms with Crippen LogP contribution in [0.4, 0.5) is 0 Å². The summed E-state index contributed by atoms with van der Waals surface area (Å²) in [5.41, 5.74) is 1.32. The third kappa shape index (κ3) is 4.45. The predicted octanol–water partition coefficient (Wildman–Crippen LogP) is 4.96. The molecule has 2 rings (SSSR count). The lowest BCUT2D eigenvalue weighted by atomic mass is 9.89. The summed E-state index contributed by atoms with van der Waals surface area (Å²) in [6, 6.07) is 6.13. The molecule has 0 bridgehead atoms. The van der Waals surface area contributed by atoms with Crippen LogP contribution in [0.25, 0.3) is 0 Å². The molecular weight excluding hydrogens is 338 g/mol. The molecule has 112 valence electrons. The van der Waals surface area contributed by atoms with Gasteiger partial charge in [0.15, 0.2) is 0 Å². The molecule has 1 aliphatic heterocycles. The standard InChI is InChI=1S/C16H23BrClNO/c1-16(2,3)19-10-12-5-4-8-20-15(12)11-6-7-13(17)14(18)9-11/h6-7,9,12,15,19H,4-5,8,10H2,1-3H3. The summed E-state index contributed by atoms with van der Waals surface area (Å²) in [5.74, 6) is 0.500. The smallest absolute Gasteiger partial charge is 0.0865 e. The van der Waals surface area contributed by atoms with E-state index in [4.69, 9.17) is 16.3 Å². The first-order valence-electron chi connectivity index (χ1n) is 7.18. The fourth-order valence-electron chi connectivity index (χ4n) is 2.55. The molecule has 2 unspecified atom stereocenters. The van der Waals surface area contributed by atoms with Crippen molar-refractivity contribution in [1.82, 2.24) is 5.32 Å². The van der Waals surface area contributed by atoms with Crippen LogP contribution in [0.3, 0.4) is 0 Å². The highest BCUT2D eigenvalue weighted by molar-refractivity contribution is 9.10. The lowest BCUT2D eigenvalue weighted by molar-refractivity contribution is -0.0292. The minimum Gasteiger partial charge on any atom is -0.373 e. The van der Waals surface area contributed by atoms with E-state index >= 15 is 0 Å². The zero-order chi connectivity index (χ0) is 14.8. The highest BCUT2D eigenvalue weighted by Gasteiger charge is 2.28. The summed E-state index contributed by atoms with van der Waals surface area (Å²) in [6.45, 7) is 8.40. The fraction of sp³-hybridized carbons (Fsp3) is 0.625. The van der Waals surface area contributed by atoms with Crippen molar-refractivity contribution in [1.29, 1.82) is 0 Å². The molecule has 0 spiro atoms. The Morgan fingerprint density at radius 2 is 2.15 bits per heavy atom. The van der Waals surface area contributed by atoms with Gasteiger partial charge in [0.25, 0.3) is 0 Å². The second-order valence-electron chi connectivity index (χ2n) is 6.50. The molecule has 2 nitrogen and oxygen atoms in total. The predicted molar refractivity (Wildman–Crippen MR) is 88.3 cm³/mol. The molecule has 0 amide bonds. The van der Waals surface area contributed by atoms with Gasteiger partial charge in [0, 0.05) is 29.1 Å². The summed E-state index contributed by atoms with van der Waals surface area (Å²) < 4.78 is 6.96. The van der Waals surface area contributed by atoms with E-state index < -0.39 is 0 Å². The Morgan fingerprint density at radius 3 is 2.80 bits per heavy atom. The summed E-state index contributed by atoms with van der Waals surface area (Å²) in [7, 11) is 0. The molecule has 1 N–H and O–H groups in total. The Labute approximate surface area is 135 Å². The van der Waals surface area contributed by atoms with Crippen molar-refractivity contribution >= 4 is 27.5 Å². The maximum Gasteiger partial charge on any atom is 0.0865 e. The van der Waals surface area contributed by atoms with E-state index in [0.717, 1.165) is 29.1 Å². The lowest BCUT2D eigenvalue weighted by Crippen LogP contribution is -2.41. The van der Waals surface area contributed by atoms with Crippen LogP contribution >= 0.6 is 27.5 Å². The monoisotopic (exact) mass is 359 g/mol. The van der Waals surface area contributed by atoms with Crippen molar-refractivity contribution in [2.45, 2.75) is 45.3 Å². The van der Waals surface area contributed by atoms with Crippen molar-refractivity contribution in [2.75, 3.05) is 13.2 Å². The minimum atomic E-state index is 0.138. The van der Waals surface area contributed by atoms with Gasteiger partial charge in [-0.1, -0.05) is 17.7 Å². The van der Waals surface area contributed by atoms with Gasteiger partial charge < -0.3 is 10.1 Å². The first-order chi connectivity index (χ1) is 9.37. The summed E-state index contributed by atoms with van der Waals surface area (Å²) in [4.78, 5) is 0. The summed E-state index contributed by atoms with van der Waals surface area (Å²) >= 11 is 9.65. The van der Waals surface area contributed by atoms with Crippen LogP contribution in [-0.4, -0.2) is 18.7 Å². The maximum atomic E-state index is 6.21. The van der Waals surface area contributed by atoms with Gasteiger partial charge in [0.1, 0.15) is 0 Å². The van der Waals surface area contributed by atoms with Crippen LogP contribution in [0.1, 0.15) is 45.3 Å². The Morgan fingerprint density at radius 1 is 1.40 bits per heavy atom. The Hall–Kier alpha value is -0.0900. The molecule has 0 radical (unpaired) electrons. The van der Waals surface area contributed by atoms with Crippen LogP contribution in [0, 0.1) is 5.92 Å². The second-order valence-corrected chi connectivity index (χ2v) is 7.76. The zero-order valence-corrected chi connectivity index (χ0v) is 14.7. The van der Waals surface area contributed by atoms with Crippen LogP contribution in [0.2, 0.25) is 5.02 Å². The molecule has 1 fully saturated rings. The molecular formula is C16H23BrClNO. The molecule has 1 aromatic rings. The molecule has 1 aliphatic rings. The Kier molecular flexibility index (Phi) is 5.52. The van der Waals surface area contributed by atoms with Crippen LogP contribution < -0.4 is 5.32 Å². The fourth-order valence-corrected chi connectivity index (χ4v) is 2.98. The average Bonchev–Trinajstić information content (AvgIpc) is 2.39. The first-order valence-corrected chi connectivity index (χ1v) is 8.35. The average molecular weight is 361 g/mol. The van der Waals surface area contributed by atoms with E-state index in [-0.39, 0.29) is 11.6 Å². The van der Waals surface area contributed by atoms with Crippen molar-refractivity contribution in [2.24, 2.45) is 5.92 Å². The Balaban J connectivity index is 2.11. The van der Waals surface area contributed by atoms with Crippen molar-refractivity contribution < 1.29 is 4.74 Å². The van der Waals surface area contributed by atoms with Gasteiger partial charge in [-0.3, -0.25) is 0 Å². The zero-order valence-electron chi connectivity index (χ0n) is 12.4. The van der Waals surface area contributed by atoms with Crippen LogP contribution in [-0.2, 0) is 4.74 Å². The van der Waals surface area contributed by atoms with Crippen molar-refractivity contribution in [3.63, 3.8) is 0 Å².